The smallest absolute Gasteiger partial charge is 0.295 e. The summed E-state index contributed by atoms with van der Waals surface area (Å²) >= 11 is 0. The molecule has 0 saturated carbocycles. The standard InChI is InChI=1S/C24H25N5O/c1-14-9-17-7-8-21-23(19(17)10-18(14)20(26-5)13-25-4)29(24(30)28(21)6)22-15(2)11-27-12-16(22)3/h7-13H,1-6H3. The molecule has 4 rings (SSSR count). The van der Waals surface area contributed by atoms with Crippen LogP contribution in [0.5, 0.6) is 0 Å². The molecule has 0 atom stereocenters. The van der Waals surface area contributed by atoms with Crippen LogP contribution in [0.1, 0.15) is 22.3 Å². The zero-order valence-corrected chi connectivity index (χ0v) is 18.2. The Bertz CT molecular complexity index is 1400. The number of aryl methyl sites for hydroxylation is 4. The average Bonchev–Trinajstić information content (AvgIpc) is 2.97. The lowest BCUT2D eigenvalue weighted by Gasteiger charge is -2.13. The van der Waals surface area contributed by atoms with Gasteiger partial charge in [-0.15, -0.1) is 0 Å². The van der Waals surface area contributed by atoms with Gasteiger partial charge in [0, 0.05) is 50.7 Å². The van der Waals surface area contributed by atoms with E-state index in [-0.39, 0.29) is 5.69 Å². The molecule has 0 aliphatic heterocycles. The molecule has 0 unspecified atom stereocenters. The van der Waals surface area contributed by atoms with Crippen LogP contribution in [-0.4, -0.2) is 40.1 Å². The third kappa shape index (κ3) is 2.87. The van der Waals surface area contributed by atoms with Gasteiger partial charge in [-0.3, -0.25) is 24.1 Å². The maximum absolute atomic E-state index is 13.3. The minimum Gasteiger partial charge on any atom is -0.295 e. The molecule has 2 aromatic carbocycles. The van der Waals surface area contributed by atoms with E-state index in [4.69, 9.17) is 0 Å². The first kappa shape index (κ1) is 19.8. The highest BCUT2D eigenvalue weighted by Gasteiger charge is 2.19. The highest BCUT2D eigenvalue weighted by molar-refractivity contribution is 6.39. The molecular weight excluding hydrogens is 374 g/mol. The van der Waals surface area contributed by atoms with E-state index in [2.05, 4.69) is 40.1 Å². The molecule has 2 aromatic heterocycles. The lowest BCUT2D eigenvalue weighted by atomic mass is 9.97. The van der Waals surface area contributed by atoms with Gasteiger partial charge >= 0.3 is 5.69 Å². The summed E-state index contributed by atoms with van der Waals surface area (Å²) in [4.78, 5) is 26.2. The summed E-state index contributed by atoms with van der Waals surface area (Å²) < 4.78 is 3.52. The van der Waals surface area contributed by atoms with E-state index in [0.29, 0.717) is 0 Å². The van der Waals surface area contributed by atoms with Crippen LogP contribution in [0, 0.1) is 20.8 Å². The number of pyridine rings is 1. The summed E-state index contributed by atoms with van der Waals surface area (Å²) in [5.74, 6) is 0. The second-order valence-corrected chi connectivity index (χ2v) is 7.62. The van der Waals surface area contributed by atoms with Gasteiger partial charge in [0.15, 0.2) is 0 Å². The number of hydrogen-bond donors (Lipinski definition) is 0. The highest BCUT2D eigenvalue weighted by Crippen LogP contribution is 2.30. The Kier molecular flexibility index (Phi) is 4.86. The van der Waals surface area contributed by atoms with E-state index in [1.54, 1.807) is 37.3 Å². The van der Waals surface area contributed by atoms with Crippen LogP contribution in [0.3, 0.4) is 0 Å². The zero-order chi connectivity index (χ0) is 21.6. The van der Waals surface area contributed by atoms with Crippen LogP contribution in [0.4, 0.5) is 0 Å². The fourth-order valence-corrected chi connectivity index (χ4v) is 4.21. The van der Waals surface area contributed by atoms with E-state index in [9.17, 15) is 4.79 Å². The molecule has 0 amide bonds. The molecule has 6 nitrogen and oxygen atoms in total. The molecule has 2 heterocycles. The number of fused-ring (bicyclic) bond motifs is 3. The van der Waals surface area contributed by atoms with Gasteiger partial charge in [-0.2, -0.15) is 0 Å². The van der Waals surface area contributed by atoms with Crippen molar-refractivity contribution in [1.82, 2.24) is 14.1 Å². The van der Waals surface area contributed by atoms with E-state index in [1.807, 2.05) is 31.5 Å². The quantitative estimate of drug-likeness (QED) is 0.490. The van der Waals surface area contributed by atoms with Crippen molar-refractivity contribution >= 4 is 33.7 Å². The van der Waals surface area contributed by atoms with E-state index >= 15 is 0 Å². The maximum Gasteiger partial charge on any atom is 0.333 e. The van der Waals surface area contributed by atoms with E-state index in [0.717, 1.165) is 55.5 Å². The number of imidazole rings is 1. The van der Waals surface area contributed by atoms with Gasteiger partial charge in [-0.05, 0) is 55.0 Å². The van der Waals surface area contributed by atoms with Gasteiger partial charge in [0.25, 0.3) is 0 Å². The Hall–Kier alpha value is -3.54. The van der Waals surface area contributed by atoms with Crippen LogP contribution >= 0.6 is 0 Å². The van der Waals surface area contributed by atoms with Crippen LogP contribution < -0.4 is 5.69 Å². The topological polar surface area (TPSA) is 64.5 Å². The molecule has 0 radical (unpaired) electrons. The highest BCUT2D eigenvalue weighted by atomic mass is 16.1. The number of hydrogen-bond acceptors (Lipinski definition) is 4. The minimum absolute atomic E-state index is 0.0727. The predicted octanol–water partition coefficient (Wildman–Crippen LogP) is 3.92. The monoisotopic (exact) mass is 399 g/mol. The van der Waals surface area contributed by atoms with Gasteiger partial charge < -0.3 is 0 Å². The molecular formula is C24H25N5O. The van der Waals surface area contributed by atoms with Crippen molar-refractivity contribution in [3.05, 3.63) is 69.4 Å². The van der Waals surface area contributed by atoms with E-state index < -0.39 is 0 Å². The summed E-state index contributed by atoms with van der Waals surface area (Å²) in [5.41, 5.74) is 7.45. The summed E-state index contributed by atoms with van der Waals surface area (Å²) in [5, 5.41) is 2.09. The van der Waals surface area contributed by atoms with Crippen LogP contribution in [0.15, 0.2) is 51.4 Å². The van der Waals surface area contributed by atoms with Crippen LogP contribution in [0.2, 0.25) is 0 Å². The third-order valence-electron chi connectivity index (χ3n) is 5.65. The van der Waals surface area contributed by atoms with Crippen molar-refractivity contribution in [2.24, 2.45) is 17.0 Å². The lowest BCUT2D eigenvalue weighted by molar-refractivity contribution is 0.840. The lowest BCUT2D eigenvalue weighted by Crippen LogP contribution is -2.22. The van der Waals surface area contributed by atoms with Crippen molar-refractivity contribution in [2.45, 2.75) is 20.8 Å². The fraction of sp³-hybridized carbons (Fsp3) is 0.250. The Balaban J connectivity index is 2.22. The third-order valence-corrected chi connectivity index (χ3v) is 5.65. The zero-order valence-electron chi connectivity index (χ0n) is 18.2. The van der Waals surface area contributed by atoms with Crippen molar-refractivity contribution in [1.29, 1.82) is 0 Å². The van der Waals surface area contributed by atoms with Crippen molar-refractivity contribution < 1.29 is 0 Å². The molecule has 0 aliphatic rings. The first-order valence-electron chi connectivity index (χ1n) is 9.84. The molecule has 0 saturated heterocycles. The molecule has 0 N–H and O–H groups in total. The van der Waals surface area contributed by atoms with Crippen molar-refractivity contribution in [2.75, 3.05) is 14.1 Å². The number of benzene rings is 2. The molecule has 0 bridgehead atoms. The summed E-state index contributed by atoms with van der Waals surface area (Å²) in [7, 11) is 5.32. The Morgan fingerprint density at radius 3 is 2.37 bits per heavy atom. The number of aliphatic imine (C=N–C) groups is 2. The second kappa shape index (κ2) is 7.37. The molecule has 30 heavy (non-hydrogen) atoms. The minimum atomic E-state index is -0.0727. The Labute approximate surface area is 175 Å². The van der Waals surface area contributed by atoms with Gasteiger partial charge in [-0.1, -0.05) is 12.1 Å². The molecule has 0 fully saturated rings. The molecule has 6 heteroatoms. The Morgan fingerprint density at radius 2 is 1.73 bits per heavy atom. The maximum atomic E-state index is 13.3. The summed E-state index contributed by atoms with van der Waals surface area (Å²) in [6, 6.07) is 8.36. The normalized spacial score (nSPS) is 12.5. The largest absolute Gasteiger partial charge is 0.333 e. The van der Waals surface area contributed by atoms with Crippen molar-refractivity contribution in [3.63, 3.8) is 0 Å². The average molecular weight is 399 g/mol. The number of nitrogens with zero attached hydrogens (tertiary/aromatic N) is 5. The van der Waals surface area contributed by atoms with Gasteiger partial charge in [-0.25, -0.2) is 4.79 Å². The molecule has 0 aliphatic carbocycles. The van der Waals surface area contributed by atoms with Crippen molar-refractivity contribution in [3.8, 4) is 5.69 Å². The fourth-order valence-electron chi connectivity index (χ4n) is 4.21. The SMILES string of the molecule is CN=CC(=NC)c1cc2c(ccc3c2n(-c2c(C)cncc2C)c(=O)n3C)cc1C. The molecule has 0 spiro atoms. The Morgan fingerprint density at radius 1 is 1.03 bits per heavy atom. The van der Waals surface area contributed by atoms with Gasteiger partial charge in [0.1, 0.15) is 0 Å². The number of rotatable bonds is 3. The molecule has 4 aromatic rings. The van der Waals surface area contributed by atoms with E-state index in [1.165, 1.54) is 0 Å². The summed E-state index contributed by atoms with van der Waals surface area (Å²) in [6.45, 7) is 6.05. The number of aromatic nitrogens is 3. The molecule has 152 valence electrons. The summed E-state index contributed by atoms with van der Waals surface area (Å²) in [6.07, 6.45) is 5.37. The van der Waals surface area contributed by atoms with Gasteiger partial charge in [0.05, 0.1) is 22.4 Å². The first-order valence-corrected chi connectivity index (χ1v) is 9.84. The predicted molar refractivity (Wildman–Crippen MR) is 125 cm³/mol. The first-order chi connectivity index (χ1) is 14.4. The van der Waals surface area contributed by atoms with Crippen LogP contribution in [-0.2, 0) is 7.05 Å². The van der Waals surface area contributed by atoms with Crippen LogP contribution in [0.25, 0.3) is 27.5 Å². The second-order valence-electron chi connectivity index (χ2n) is 7.62. The van der Waals surface area contributed by atoms with Gasteiger partial charge in [0.2, 0.25) is 0 Å².